The first-order valence-electron chi connectivity index (χ1n) is 7.97. The first kappa shape index (κ1) is 15.6. The Bertz CT molecular complexity index is 403. The molecule has 3 nitrogen and oxygen atoms in total. The molecule has 0 unspecified atom stereocenters. The second kappa shape index (κ2) is 7.28. The minimum Gasteiger partial charge on any atom is -0.462 e. The Balaban J connectivity index is 1.79. The molecule has 1 aliphatic rings. The third kappa shape index (κ3) is 4.64. The van der Waals surface area contributed by atoms with Crippen LogP contribution in [0.25, 0.3) is 0 Å². The van der Waals surface area contributed by atoms with E-state index in [4.69, 9.17) is 9.15 Å². The highest BCUT2D eigenvalue weighted by atomic mass is 16.5. The van der Waals surface area contributed by atoms with E-state index in [1.165, 1.54) is 31.2 Å². The van der Waals surface area contributed by atoms with E-state index in [1.807, 2.05) is 0 Å². The lowest BCUT2D eigenvalue weighted by Gasteiger charge is -2.25. The highest BCUT2D eigenvalue weighted by Gasteiger charge is 2.19. The Morgan fingerprint density at radius 2 is 2.00 bits per heavy atom. The highest BCUT2D eigenvalue weighted by Crippen LogP contribution is 2.26. The normalized spacial score (nSPS) is 23.4. The fourth-order valence-corrected chi connectivity index (χ4v) is 2.73. The molecule has 1 fully saturated rings. The zero-order chi connectivity index (χ0) is 14.5. The van der Waals surface area contributed by atoms with Crippen LogP contribution in [0.2, 0.25) is 0 Å². The summed E-state index contributed by atoms with van der Waals surface area (Å²) in [5.74, 6) is 2.87. The largest absolute Gasteiger partial charge is 0.462 e. The van der Waals surface area contributed by atoms with Crippen LogP contribution in [0.4, 0.5) is 0 Å². The molecule has 2 rings (SSSR count). The number of nitrogens with one attached hydrogen (secondary N) is 1. The van der Waals surface area contributed by atoms with Gasteiger partial charge in [0.2, 0.25) is 0 Å². The summed E-state index contributed by atoms with van der Waals surface area (Å²) < 4.78 is 11.9. The minimum atomic E-state index is 0.425. The van der Waals surface area contributed by atoms with E-state index in [9.17, 15) is 0 Å². The average molecular weight is 279 g/mol. The second-order valence-corrected chi connectivity index (χ2v) is 6.55. The Morgan fingerprint density at radius 1 is 1.30 bits per heavy atom. The standard InChI is InChI=1S/C17H29NO2/c1-12(2)18-10-17-14(4)9-16(20-17)11-19-15-7-5-13(3)6-8-15/h9,12-13,15,18H,5-8,10-11H2,1-4H3. The van der Waals surface area contributed by atoms with Gasteiger partial charge in [0.15, 0.2) is 0 Å². The van der Waals surface area contributed by atoms with Gasteiger partial charge in [0, 0.05) is 6.04 Å². The fraction of sp³-hybridized carbons (Fsp3) is 0.765. The zero-order valence-electron chi connectivity index (χ0n) is 13.4. The van der Waals surface area contributed by atoms with Crippen molar-refractivity contribution in [3.8, 4) is 0 Å². The molecule has 0 spiro atoms. The van der Waals surface area contributed by atoms with Crippen molar-refractivity contribution in [1.82, 2.24) is 5.32 Å². The Hall–Kier alpha value is -0.800. The summed E-state index contributed by atoms with van der Waals surface area (Å²) in [6.07, 6.45) is 5.41. The number of ether oxygens (including phenoxy) is 1. The molecule has 0 saturated heterocycles. The third-order valence-electron chi connectivity index (χ3n) is 4.17. The minimum absolute atomic E-state index is 0.425. The molecule has 1 saturated carbocycles. The molecule has 3 heteroatoms. The van der Waals surface area contributed by atoms with Gasteiger partial charge in [-0.1, -0.05) is 20.8 Å². The molecule has 1 aromatic heterocycles. The maximum Gasteiger partial charge on any atom is 0.130 e. The topological polar surface area (TPSA) is 34.4 Å². The Labute approximate surface area is 123 Å². The lowest BCUT2D eigenvalue weighted by molar-refractivity contribution is 0.000888. The predicted molar refractivity (Wildman–Crippen MR) is 81.6 cm³/mol. The molecule has 0 radical (unpaired) electrons. The van der Waals surface area contributed by atoms with E-state index in [-0.39, 0.29) is 0 Å². The van der Waals surface area contributed by atoms with Crippen molar-refractivity contribution < 1.29 is 9.15 Å². The Morgan fingerprint density at radius 3 is 2.65 bits per heavy atom. The number of hydrogen-bond donors (Lipinski definition) is 1. The Kier molecular flexibility index (Phi) is 5.67. The van der Waals surface area contributed by atoms with Crippen LogP contribution < -0.4 is 5.32 Å². The number of furan rings is 1. The molecular weight excluding hydrogens is 250 g/mol. The number of aryl methyl sites for hydroxylation is 1. The molecule has 1 aliphatic carbocycles. The van der Waals surface area contributed by atoms with E-state index < -0.39 is 0 Å². The number of rotatable bonds is 6. The van der Waals surface area contributed by atoms with Gasteiger partial charge in [-0.25, -0.2) is 0 Å². The predicted octanol–water partition coefficient (Wildman–Crippen LogP) is 4.18. The molecule has 1 aromatic rings. The maximum atomic E-state index is 6.00. The summed E-state index contributed by atoms with van der Waals surface area (Å²) in [6, 6.07) is 2.59. The van der Waals surface area contributed by atoms with Gasteiger partial charge in [-0.05, 0) is 50.2 Å². The fourth-order valence-electron chi connectivity index (χ4n) is 2.73. The molecule has 0 amide bonds. The summed E-state index contributed by atoms with van der Waals surface area (Å²) in [5, 5.41) is 3.39. The monoisotopic (exact) mass is 279 g/mol. The zero-order valence-corrected chi connectivity index (χ0v) is 13.4. The summed E-state index contributed by atoms with van der Waals surface area (Å²) in [6.45, 7) is 10.1. The lowest BCUT2D eigenvalue weighted by atomic mass is 9.89. The van der Waals surface area contributed by atoms with Gasteiger partial charge in [-0.3, -0.25) is 0 Å². The van der Waals surface area contributed by atoms with Gasteiger partial charge >= 0.3 is 0 Å². The van der Waals surface area contributed by atoms with E-state index in [0.29, 0.717) is 18.8 Å². The average Bonchev–Trinajstić information content (AvgIpc) is 2.76. The molecule has 0 aliphatic heterocycles. The quantitative estimate of drug-likeness (QED) is 0.848. The van der Waals surface area contributed by atoms with E-state index in [2.05, 4.69) is 39.1 Å². The lowest BCUT2D eigenvalue weighted by Crippen LogP contribution is -2.21. The second-order valence-electron chi connectivity index (χ2n) is 6.55. The molecule has 114 valence electrons. The van der Waals surface area contributed by atoms with Crippen molar-refractivity contribution in [2.75, 3.05) is 0 Å². The van der Waals surface area contributed by atoms with Gasteiger partial charge < -0.3 is 14.5 Å². The summed E-state index contributed by atoms with van der Waals surface area (Å²) >= 11 is 0. The van der Waals surface area contributed by atoms with Crippen molar-refractivity contribution in [1.29, 1.82) is 0 Å². The van der Waals surface area contributed by atoms with Crippen LogP contribution >= 0.6 is 0 Å². The summed E-state index contributed by atoms with van der Waals surface area (Å²) in [4.78, 5) is 0. The van der Waals surface area contributed by atoms with Crippen molar-refractivity contribution >= 4 is 0 Å². The molecule has 20 heavy (non-hydrogen) atoms. The van der Waals surface area contributed by atoms with Crippen LogP contribution in [0.3, 0.4) is 0 Å². The van der Waals surface area contributed by atoms with E-state index >= 15 is 0 Å². The summed E-state index contributed by atoms with van der Waals surface area (Å²) in [5.41, 5.74) is 1.22. The molecule has 1 heterocycles. The van der Waals surface area contributed by atoms with Crippen LogP contribution in [-0.4, -0.2) is 12.1 Å². The van der Waals surface area contributed by atoms with E-state index in [1.54, 1.807) is 0 Å². The van der Waals surface area contributed by atoms with E-state index in [0.717, 1.165) is 24.0 Å². The van der Waals surface area contributed by atoms with Gasteiger partial charge in [0.25, 0.3) is 0 Å². The van der Waals surface area contributed by atoms with Crippen LogP contribution in [-0.2, 0) is 17.9 Å². The third-order valence-corrected chi connectivity index (χ3v) is 4.17. The smallest absolute Gasteiger partial charge is 0.130 e. The first-order valence-corrected chi connectivity index (χ1v) is 7.97. The van der Waals surface area contributed by atoms with Gasteiger partial charge in [-0.2, -0.15) is 0 Å². The molecule has 0 atom stereocenters. The van der Waals surface area contributed by atoms with Crippen molar-refractivity contribution in [3.63, 3.8) is 0 Å². The van der Waals surface area contributed by atoms with Crippen LogP contribution in [0.1, 0.15) is 63.5 Å². The molecule has 0 aromatic carbocycles. The van der Waals surface area contributed by atoms with Crippen molar-refractivity contribution in [3.05, 3.63) is 23.2 Å². The van der Waals surface area contributed by atoms with Crippen LogP contribution in [0.5, 0.6) is 0 Å². The number of hydrogen-bond acceptors (Lipinski definition) is 3. The van der Waals surface area contributed by atoms with Crippen LogP contribution in [0.15, 0.2) is 10.5 Å². The van der Waals surface area contributed by atoms with Crippen molar-refractivity contribution in [2.45, 2.75) is 78.7 Å². The molecule has 1 N–H and O–H groups in total. The van der Waals surface area contributed by atoms with Gasteiger partial charge in [0.1, 0.15) is 18.1 Å². The maximum absolute atomic E-state index is 6.00. The van der Waals surface area contributed by atoms with Gasteiger partial charge in [0.05, 0.1) is 12.6 Å². The molecule has 0 bridgehead atoms. The molecular formula is C17H29NO2. The SMILES string of the molecule is Cc1cc(COC2CCC(C)CC2)oc1CNC(C)C. The van der Waals surface area contributed by atoms with Gasteiger partial charge in [-0.15, -0.1) is 0 Å². The first-order chi connectivity index (χ1) is 9.54. The highest BCUT2D eigenvalue weighted by molar-refractivity contribution is 5.19. The van der Waals surface area contributed by atoms with Crippen molar-refractivity contribution in [2.24, 2.45) is 5.92 Å². The summed E-state index contributed by atoms with van der Waals surface area (Å²) in [7, 11) is 0. The van der Waals surface area contributed by atoms with Crippen LogP contribution in [0, 0.1) is 12.8 Å².